The lowest BCUT2D eigenvalue weighted by Crippen LogP contribution is -2.39. The van der Waals surface area contributed by atoms with E-state index >= 15 is 0 Å². The highest BCUT2D eigenvalue weighted by Gasteiger charge is 2.23. The normalized spacial score (nSPS) is 15.3. The number of hydrogen-bond acceptors (Lipinski definition) is 2. The Morgan fingerprint density at radius 1 is 1.12 bits per heavy atom. The minimum atomic E-state index is -0.120. The summed E-state index contributed by atoms with van der Waals surface area (Å²) in [6, 6.07) is 9.75. The number of nitrogens with zero attached hydrogens (tertiary/aromatic N) is 3. The van der Waals surface area contributed by atoms with E-state index < -0.39 is 0 Å². The fourth-order valence-corrected chi connectivity index (χ4v) is 2.39. The monoisotopic (exact) mass is 229 g/mol. The van der Waals surface area contributed by atoms with E-state index in [-0.39, 0.29) is 6.01 Å². The van der Waals surface area contributed by atoms with Gasteiger partial charge < -0.3 is 5.11 Å². The molecule has 0 unspecified atom stereocenters. The Hall–Kier alpha value is -1.84. The van der Waals surface area contributed by atoms with Gasteiger partial charge in [0.15, 0.2) is 0 Å². The van der Waals surface area contributed by atoms with Gasteiger partial charge in [0.1, 0.15) is 5.69 Å². The molecule has 4 nitrogen and oxygen atoms in total. The van der Waals surface area contributed by atoms with Gasteiger partial charge in [-0.2, -0.15) is 0 Å². The van der Waals surface area contributed by atoms with Crippen molar-refractivity contribution in [1.82, 2.24) is 9.78 Å². The van der Waals surface area contributed by atoms with Crippen molar-refractivity contribution in [3.05, 3.63) is 36.2 Å². The third-order valence-corrected chi connectivity index (χ3v) is 3.26. The summed E-state index contributed by atoms with van der Waals surface area (Å²) < 4.78 is 3.62. The van der Waals surface area contributed by atoms with Crippen LogP contribution in [0.15, 0.2) is 30.3 Å². The van der Waals surface area contributed by atoms with E-state index in [0.29, 0.717) is 0 Å². The van der Waals surface area contributed by atoms with Crippen LogP contribution in [-0.2, 0) is 13.0 Å². The van der Waals surface area contributed by atoms with E-state index in [2.05, 4.69) is 5.10 Å². The van der Waals surface area contributed by atoms with Crippen LogP contribution < -0.4 is 9.67 Å². The van der Waals surface area contributed by atoms with Crippen LogP contribution in [0.25, 0.3) is 5.69 Å². The van der Waals surface area contributed by atoms with Crippen molar-refractivity contribution in [2.45, 2.75) is 32.2 Å². The molecule has 0 fully saturated rings. The van der Waals surface area contributed by atoms with Crippen LogP contribution in [0.3, 0.4) is 0 Å². The van der Waals surface area contributed by atoms with Gasteiger partial charge in [0.2, 0.25) is 11.8 Å². The van der Waals surface area contributed by atoms with E-state index in [9.17, 15) is 5.11 Å². The molecular formula is C13H15N3O. The van der Waals surface area contributed by atoms with Crippen molar-refractivity contribution in [2.75, 3.05) is 0 Å². The van der Waals surface area contributed by atoms with E-state index in [1.807, 2.05) is 34.9 Å². The molecule has 0 saturated heterocycles. The molecule has 1 aromatic carbocycles. The minimum absolute atomic E-state index is 0.120. The van der Waals surface area contributed by atoms with E-state index in [0.717, 1.165) is 37.3 Å². The van der Waals surface area contributed by atoms with Crippen LogP contribution >= 0.6 is 0 Å². The average molecular weight is 229 g/mol. The molecular weight excluding hydrogens is 214 g/mol. The Bertz CT molecular complexity index is 519. The molecule has 0 aliphatic carbocycles. The van der Waals surface area contributed by atoms with Crippen molar-refractivity contribution < 1.29 is 9.67 Å². The lowest BCUT2D eigenvalue weighted by molar-refractivity contribution is -0.741. The summed E-state index contributed by atoms with van der Waals surface area (Å²) in [7, 11) is 0. The Kier molecular flexibility index (Phi) is 2.55. The first-order valence-corrected chi connectivity index (χ1v) is 6.10. The number of para-hydroxylation sites is 1. The third kappa shape index (κ3) is 1.79. The first-order valence-electron chi connectivity index (χ1n) is 6.10. The Balaban J connectivity index is 2.12. The maximum absolute atomic E-state index is 11.8. The molecule has 0 spiro atoms. The summed E-state index contributed by atoms with van der Waals surface area (Å²) in [4.78, 5) is 0. The van der Waals surface area contributed by atoms with Crippen molar-refractivity contribution >= 4 is 0 Å². The van der Waals surface area contributed by atoms with Crippen molar-refractivity contribution in [1.29, 1.82) is 0 Å². The Morgan fingerprint density at radius 2 is 1.94 bits per heavy atom. The Labute approximate surface area is 100 Å². The van der Waals surface area contributed by atoms with Gasteiger partial charge in [0.05, 0.1) is 6.54 Å². The van der Waals surface area contributed by atoms with Gasteiger partial charge in [-0.3, -0.25) is 0 Å². The highest BCUT2D eigenvalue weighted by molar-refractivity contribution is 5.30. The smallest absolute Gasteiger partial charge is 0.245 e. The summed E-state index contributed by atoms with van der Waals surface area (Å²) in [5, 5.41) is 16.0. The number of aromatic nitrogens is 3. The van der Waals surface area contributed by atoms with Crippen molar-refractivity contribution in [2.24, 2.45) is 0 Å². The molecule has 2 aromatic rings. The van der Waals surface area contributed by atoms with E-state index in [1.54, 1.807) is 4.68 Å². The topological polar surface area (TPSA) is 44.8 Å². The lowest BCUT2D eigenvalue weighted by atomic mass is 10.2. The molecule has 0 bridgehead atoms. The van der Waals surface area contributed by atoms with Gasteiger partial charge in [-0.15, -0.1) is 0 Å². The number of fused-ring (bicyclic) bond motifs is 1. The minimum Gasteiger partial charge on any atom is -0.818 e. The molecule has 0 N–H and O–H groups in total. The van der Waals surface area contributed by atoms with Crippen LogP contribution in [0.2, 0.25) is 0 Å². The fraction of sp³-hybridized carbons (Fsp3) is 0.385. The number of benzene rings is 1. The lowest BCUT2D eigenvalue weighted by Gasteiger charge is -2.01. The second-order valence-corrected chi connectivity index (χ2v) is 4.41. The third-order valence-electron chi connectivity index (χ3n) is 3.26. The van der Waals surface area contributed by atoms with Crippen LogP contribution in [-0.4, -0.2) is 9.78 Å². The molecule has 0 atom stereocenters. The molecule has 2 heterocycles. The quantitative estimate of drug-likeness (QED) is 0.684. The zero-order chi connectivity index (χ0) is 11.7. The highest BCUT2D eigenvalue weighted by Crippen LogP contribution is 2.15. The molecule has 3 rings (SSSR count). The van der Waals surface area contributed by atoms with E-state index in [4.69, 9.17) is 0 Å². The van der Waals surface area contributed by atoms with Gasteiger partial charge in [0.25, 0.3) is 0 Å². The zero-order valence-electron chi connectivity index (χ0n) is 9.67. The molecule has 1 aliphatic heterocycles. The summed E-state index contributed by atoms with van der Waals surface area (Å²) in [5.41, 5.74) is 0.972. The molecule has 0 amide bonds. The Morgan fingerprint density at radius 3 is 2.76 bits per heavy atom. The maximum atomic E-state index is 11.8. The van der Waals surface area contributed by atoms with Crippen LogP contribution in [0.4, 0.5) is 0 Å². The molecule has 1 aromatic heterocycles. The van der Waals surface area contributed by atoms with Crippen LogP contribution in [0, 0.1) is 0 Å². The summed E-state index contributed by atoms with van der Waals surface area (Å²) in [6.45, 7) is 0.807. The van der Waals surface area contributed by atoms with Crippen molar-refractivity contribution in [3.8, 4) is 11.7 Å². The summed E-state index contributed by atoms with van der Waals surface area (Å²) in [5.74, 6) is 1.04. The predicted octanol–water partition coefficient (Wildman–Crippen LogP) is 0.960. The average Bonchev–Trinajstić information content (AvgIpc) is 2.57. The van der Waals surface area contributed by atoms with Gasteiger partial charge in [-0.05, 0) is 31.4 Å². The summed E-state index contributed by atoms with van der Waals surface area (Å²) >= 11 is 0. The second kappa shape index (κ2) is 4.20. The maximum Gasteiger partial charge on any atom is 0.245 e. The standard InChI is InChI=1S/C13H15N3O/c17-13-14-16(11-7-3-1-4-8-11)12-9-5-2-6-10-15(12)13/h1,3-4,7-8H,2,5-6,9-10H2. The molecule has 0 saturated carbocycles. The first-order chi connectivity index (χ1) is 8.36. The highest BCUT2D eigenvalue weighted by atomic mass is 16.3. The molecule has 4 heteroatoms. The van der Waals surface area contributed by atoms with Crippen LogP contribution in [0.5, 0.6) is 6.01 Å². The molecule has 0 radical (unpaired) electrons. The van der Waals surface area contributed by atoms with Gasteiger partial charge in [-0.1, -0.05) is 22.9 Å². The SMILES string of the molecule is [O-]c1nn(-c2ccccc2)c2[n+]1CCCCC2. The van der Waals surface area contributed by atoms with E-state index in [1.165, 1.54) is 6.42 Å². The summed E-state index contributed by atoms with van der Waals surface area (Å²) in [6.07, 6.45) is 4.34. The van der Waals surface area contributed by atoms with Crippen LogP contribution in [0.1, 0.15) is 25.1 Å². The molecule has 17 heavy (non-hydrogen) atoms. The fourth-order valence-electron chi connectivity index (χ4n) is 2.39. The predicted molar refractivity (Wildman–Crippen MR) is 60.8 cm³/mol. The largest absolute Gasteiger partial charge is 0.818 e. The first kappa shape index (κ1) is 10.3. The van der Waals surface area contributed by atoms with Gasteiger partial charge in [-0.25, -0.2) is 4.57 Å². The molecule has 88 valence electrons. The van der Waals surface area contributed by atoms with Gasteiger partial charge >= 0.3 is 0 Å². The number of hydrogen-bond donors (Lipinski definition) is 0. The zero-order valence-corrected chi connectivity index (χ0v) is 9.67. The number of rotatable bonds is 1. The van der Waals surface area contributed by atoms with Crippen molar-refractivity contribution in [3.63, 3.8) is 0 Å². The second-order valence-electron chi connectivity index (χ2n) is 4.41. The molecule has 1 aliphatic rings. The van der Waals surface area contributed by atoms with Gasteiger partial charge in [0, 0.05) is 11.5 Å².